The number of amides is 2. The summed E-state index contributed by atoms with van der Waals surface area (Å²) in [4.78, 5) is 30.2. The number of anilines is 1. The second kappa shape index (κ2) is 9.50. The molecular weight excluding hydrogens is 435 g/mol. The van der Waals surface area contributed by atoms with E-state index in [4.69, 9.17) is 10.2 Å². The molecule has 2 amide bonds. The van der Waals surface area contributed by atoms with Crippen molar-refractivity contribution < 1.29 is 18.4 Å². The number of carbonyl (C=O) groups is 2. The summed E-state index contributed by atoms with van der Waals surface area (Å²) in [5.74, 6) is 0.235. The molecule has 0 fully saturated rings. The Labute approximate surface area is 190 Å². The number of fused-ring (bicyclic) bond motifs is 2. The first kappa shape index (κ1) is 23.4. The Bertz CT molecular complexity index is 1210. The Hall–Kier alpha value is -3.23. The molecule has 4 rings (SSSR count). The zero-order valence-electron chi connectivity index (χ0n) is 17.7. The molecule has 1 aromatic carbocycles. The van der Waals surface area contributed by atoms with Crippen LogP contribution >= 0.6 is 12.4 Å². The Morgan fingerprint density at radius 2 is 2.22 bits per heavy atom. The highest BCUT2D eigenvalue weighted by Gasteiger charge is 2.21. The van der Waals surface area contributed by atoms with Crippen molar-refractivity contribution >= 4 is 47.1 Å². The molecule has 3 aromatic rings. The first-order chi connectivity index (χ1) is 14.8. The van der Waals surface area contributed by atoms with Crippen molar-refractivity contribution in [1.82, 2.24) is 9.88 Å². The van der Waals surface area contributed by atoms with Crippen molar-refractivity contribution in [3.05, 3.63) is 64.8 Å². The number of nitrogens with one attached hydrogen (secondary N) is 1. The monoisotopic (exact) mass is 458 g/mol. The number of nitrogens with two attached hydrogens (primary N) is 1. The normalized spacial score (nSPS) is 15.8. The molecule has 0 saturated heterocycles. The number of benzene rings is 1. The van der Waals surface area contributed by atoms with Crippen LogP contribution in [0.25, 0.3) is 17.0 Å². The molecule has 1 atom stereocenters. The average molecular weight is 459 g/mol. The van der Waals surface area contributed by atoms with Gasteiger partial charge < -0.3 is 20.4 Å². The standard InChI is InChI=1S/C23H23FN4O3.ClH/c1-13-19(31-18-5-3-4-16(24)21(13)18)12-28(2)20(29)9-6-14-10-15-7-8-17(25)23(30)27-22(15)26-11-14;/h3-6,9-11,17H,7-8,12,25H2,1-2H3,(H,26,27,30);1H/b9-6+;/t17-;/m0./s1. The maximum atomic E-state index is 14.1. The Kier molecular flexibility index (Phi) is 6.96. The second-order valence-electron chi connectivity index (χ2n) is 7.70. The van der Waals surface area contributed by atoms with Gasteiger partial charge in [0.05, 0.1) is 18.0 Å². The summed E-state index contributed by atoms with van der Waals surface area (Å²) in [6.07, 6.45) is 5.87. The molecule has 0 bridgehead atoms. The minimum atomic E-state index is -0.557. The lowest BCUT2D eigenvalue weighted by Crippen LogP contribution is -2.34. The fraction of sp³-hybridized carbons (Fsp3) is 0.261. The quantitative estimate of drug-likeness (QED) is 0.582. The van der Waals surface area contributed by atoms with Crippen LogP contribution in [0.3, 0.4) is 0 Å². The van der Waals surface area contributed by atoms with Crippen LogP contribution in [0.1, 0.15) is 28.9 Å². The third kappa shape index (κ3) is 4.66. The van der Waals surface area contributed by atoms with Crippen molar-refractivity contribution in [3.63, 3.8) is 0 Å². The molecular formula is C23H24ClFN4O3. The van der Waals surface area contributed by atoms with Crippen molar-refractivity contribution in [1.29, 1.82) is 0 Å². The zero-order chi connectivity index (χ0) is 22.1. The molecule has 0 aliphatic carbocycles. The highest BCUT2D eigenvalue weighted by Crippen LogP contribution is 2.28. The van der Waals surface area contributed by atoms with Gasteiger partial charge in [-0.25, -0.2) is 9.37 Å². The number of rotatable bonds is 4. The second-order valence-corrected chi connectivity index (χ2v) is 7.70. The number of carbonyl (C=O) groups excluding carboxylic acids is 2. The van der Waals surface area contributed by atoms with E-state index in [9.17, 15) is 14.0 Å². The molecule has 1 aliphatic heterocycles. The SMILES string of the molecule is Cc1c(CN(C)C(=O)/C=C/c2cnc3c(c2)CC[C@H](N)C(=O)N3)oc2cccc(F)c12.Cl. The van der Waals surface area contributed by atoms with Gasteiger partial charge >= 0.3 is 0 Å². The highest BCUT2D eigenvalue weighted by atomic mass is 35.5. The maximum Gasteiger partial charge on any atom is 0.246 e. The zero-order valence-corrected chi connectivity index (χ0v) is 18.5. The van der Waals surface area contributed by atoms with E-state index in [2.05, 4.69) is 10.3 Å². The van der Waals surface area contributed by atoms with Gasteiger partial charge in [-0.1, -0.05) is 6.07 Å². The number of nitrogens with zero attached hydrogens (tertiary/aromatic N) is 2. The van der Waals surface area contributed by atoms with E-state index < -0.39 is 6.04 Å². The number of likely N-dealkylation sites (N-methyl/N-ethyl adjacent to an activating group) is 1. The summed E-state index contributed by atoms with van der Waals surface area (Å²) in [6.45, 7) is 2.00. The molecule has 9 heteroatoms. The molecule has 2 aromatic heterocycles. The number of pyridine rings is 1. The van der Waals surface area contributed by atoms with Crippen LogP contribution in [0.15, 0.2) is 41.0 Å². The first-order valence-corrected chi connectivity index (χ1v) is 9.98. The van der Waals surface area contributed by atoms with Crippen LogP contribution in [0.2, 0.25) is 0 Å². The molecule has 3 N–H and O–H groups in total. The number of hydrogen-bond acceptors (Lipinski definition) is 5. The molecule has 0 saturated carbocycles. The number of aryl methyl sites for hydroxylation is 2. The lowest BCUT2D eigenvalue weighted by atomic mass is 10.1. The van der Waals surface area contributed by atoms with Gasteiger partial charge in [0, 0.05) is 24.9 Å². The highest BCUT2D eigenvalue weighted by molar-refractivity contribution is 5.95. The smallest absolute Gasteiger partial charge is 0.246 e. The minimum Gasteiger partial charge on any atom is -0.459 e. The summed E-state index contributed by atoms with van der Waals surface area (Å²) >= 11 is 0. The van der Waals surface area contributed by atoms with Crippen LogP contribution in [-0.2, 0) is 22.6 Å². The predicted molar refractivity (Wildman–Crippen MR) is 123 cm³/mol. The van der Waals surface area contributed by atoms with E-state index in [0.29, 0.717) is 41.0 Å². The van der Waals surface area contributed by atoms with Crippen LogP contribution in [0, 0.1) is 12.7 Å². The van der Waals surface area contributed by atoms with Gasteiger partial charge in [-0.2, -0.15) is 0 Å². The molecule has 7 nitrogen and oxygen atoms in total. The van der Waals surface area contributed by atoms with E-state index in [1.54, 1.807) is 38.4 Å². The molecule has 1 aliphatic rings. The predicted octanol–water partition coefficient (Wildman–Crippen LogP) is 3.58. The largest absolute Gasteiger partial charge is 0.459 e. The lowest BCUT2D eigenvalue weighted by Gasteiger charge is -2.14. The summed E-state index contributed by atoms with van der Waals surface area (Å²) < 4.78 is 19.8. The molecule has 32 heavy (non-hydrogen) atoms. The van der Waals surface area contributed by atoms with Gasteiger partial charge in [0.15, 0.2) is 0 Å². The Morgan fingerprint density at radius 3 is 2.97 bits per heavy atom. The van der Waals surface area contributed by atoms with Gasteiger partial charge in [0.2, 0.25) is 11.8 Å². The Balaban J connectivity index is 0.00000289. The number of halogens is 2. The molecule has 0 radical (unpaired) electrons. The maximum absolute atomic E-state index is 14.1. The van der Waals surface area contributed by atoms with E-state index >= 15 is 0 Å². The van der Waals surface area contributed by atoms with E-state index in [0.717, 1.165) is 11.1 Å². The molecule has 0 spiro atoms. The number of furan rings is 1. The fourth-order valence-electron chi connectivity index (χ4n) is 3.62. The third-order valence-electron chi connectivity index (χ3n) is 5.47. The van der Waals surface area contributed by atoms with E-state index in [1.165, 1.54) is 17.0 Å². The minimum absolute atomic E-state index is 0. The van der Waals surface area contributed by atoms with Crippen molar-refractivity contribution in [2.24, 2.45) is 5.73 Å². The summed E-state index contributed by atoms with van der Waals surface area (Å²) in [5, 5.41) is 3.16. The number of hydrogen-bond donors (Lipinski definition) is 2. The van der Waals surface area contributed by atoms with Crippen molar-refractivity contribution in [2.45, 2.75) is 32.4 Å². The lowest BCUT2D eigenvalue weighted by molar-refractivity contribution is -0.125. The van der Waals surface area contributed by atoms with E-state index in [1.807, 2.05) is 6.07 Å². The van der Waals surface area contributed by atoms with Crippen LogP contribution in [-0.4, -0.2) is 34.8 Å². The Morgan fingerprint density at radius 1 is 1.44 bits per heavy atom. The van der Waals surface area contributed by atoms with Crippen LogP contribution in [0.4, 0.5) is 10.2 Å². The van der Waals surface area contributed by atoms with Gasteiger partial charge in [-0.15, -0.1) is 12.4 Å². The van der Waals surface area contributed by atoms with Gasteiger partial charge in [0.25, 0.3) is 0 Å². The summed E-state index contributed by atoms with van der Waals surface area (Å²) in [5.41, 5.74) is 8.57. The summed E-state index contributed by atoms with van der Waals surface area (Å²) in [7, 11) is 1.65. The molecule has 3 heterocycles. The average Bonchev–Trinajstić information content (AvgIpc) is 2.99. The topological polar surface area (TPSA) is 101 Å². The van der Waals surface area contributed by atoms with Crippen molar-refractivity contribution in [3.8, 4) is 0 Å². The van der Waals surface area contributed by atoms with Gasteiger partial charge in [0.1, 0.15) is 23.0 Å². The van der Waals surface area contributed by atoms with E-state index in [-0.39, 0.29) is 36.6 Å². The first-order valence-electron chi connectivity index (χ1n) is 9.98. The molecule has 0 unspecified atom stereocenters. The fourth-order valence-corrected chi connectivity index (χ4v) is 3.62. The van der Waals surface area contributed by atoms with Gasteiger partial charge in [-0.3, -0.25) is 9.59 Å². The third-order valence-corrected chi connectivity index (χ3v) is 5.47. The van der Waals surface area contributed by atoms with Crippen LogP contribution in [0.5, 0.6) is 0 Å². The molecule has 168 valence electrons. The van der Waals surface area contributed by atoms with Gasteiger partial charge in [-0.05, 0) is 55.2 Å². The number of aromatic nitrogens is 1. The van der Waals surface area contributed by atoms with Crippen LogP contribution < -0.4 is 11.1 Å². The van der Waals surface area contributed by atoms with Crippen molar-refractivity contribution in [2.75, 3.05) is 12.4 Å². The summed E-state index contributed by atoms with van der Waals surface area (Å²) in [6, 6.07) is 6.02.